The van der Waals surface area contributed by atoms with Crippen LogP contribution in [-0.4, -0.2) is 59.2 Å². The minimum Gasteiger partial charge on any atom is -0.391 e. The maximum atomic E-state index is 12.1. The van der Waals surface area contributed by atoms with Gasteiger partial charge in [0.2, 0.25) is 0 Å². The predicted molar refractivity (Wildman–Crippen MR) is 137 cm³/mol. The van der Waals surface area contributed by atoms with E-state index in [0.717, 1.165) is 43.5 Å². The Morgan fingerprint density at radius 2 is 1.71 bits per heavy atom. The van der Waals surface area contributed by atoms with Gasteiger partial charge in [0.05, 0.1) is 24.7 Å². The van der Waals surface area contributed by atoms with Crippen LogP contribution in [0.2, 0.25) is 0 Å². The fourth-order valence-corrected chi connectivity index (χ4v) is 4.41. The van der Waals surface area contributed by atoms with E-state index in [4.69, 9.17) is 21.8 Å². The number of carbonyl (C=O) groups is 1. The van der Waals surface area contributed by atoms with Crippen LogP contribution in [0.25, 0.3) is 0 Å². The lowest BCUT2D eigenvalue weighted by molar-refractivity contribution is -0.153. The van der Waals surface area contributed by atoms with Crippen LogP contribution in [-0.2, 0) is 14.4 Å². The van der Waals surface area contributed by atoms with Crippen molar-refractivity contribution in [1.82, 2.24) is 10.4 Å². The molecule has 0 amide bonds. The average molecular weight is 485 g/mol. The van der Waals surface area contributed by atoms with E-state index in [2.05, 4.69) is 34.6 Å². The van der Waals surface area contributed by atoms with Gasteiger partial charge < -0.3 is 19.6 Å². The molecule has 0 bridgehead atoms. The van der Waals surface area contributed by atoms with Gasteiger partial charge in [0.25, 0.3) is 0 Å². The Labute approximate surface area is 208 Å². The van der Waals surface area contributed by atoms with Gasteiger partial charge in [-0.2, -0.15) is 0 Å². The molecular weight excluding hydrogens is 448 g/mol. The lowest BCUT2D eigenvalue weighted by atomic mass is 10.00. The molecule has 0 spiro atoms. The molecule has 0 aromatic heterocycles. The Morgan fingerprint density at radius 1 is 1.12 bits per heavy atom. The van der Waals surface area contributed by atoms with Crippen LogP contribution < -0.4 is 5.48 Å². The Balaban J connectivity index is 1.43. The molecule has 3 rings (SSSR count). The Hall–Kier alpha value is -2.16. The van der Waals surface area contributed by atoms with Gasteiger partial charge in [-0.05, 0) is 30.4 Å². The van der Waals surface area contributed by atoms with Crippen LogP contribution in [0.5, 0.6) is 0 Å². The standard InChI is InChI=1S/C27H36N2O4S/c1-2-9-25(30)24(20-34)28-33-26(31)16-19-29-17-14-23(15-18-29)32-27(21-10-5-3-6-11-21)22-12-7-4-8-13-22/h3-8,10-13,20,23-25,27-28,30H,2,9,14-19H2,1H3/t24-,25?/m0/s1. The van der Waals surface area contributed by atoms with Gasteiger partial charge in [-0.3, -0.25) is 4.79 Å². The van der Waals surface area contributed by atoms with Crippen molar-refractivity contribution in [3.63, 3.8) is 0 Å². The molecule has 1 saturated heterocycles. The van der Waals surface area contributed by atoms with Gasteiger partial charge in [-0.15, -0.1) is 5.48 Å². The van der Waals surface area contributed by atoms with Crippen molar-refractivity contribution in [3.8, 4) is 0 Å². The lowest BCUT2D eigenvalue weighted by Crippen LogP contribution is -2.42. The number of carbonyl (C=O) groups excluding carboxylic acids is 1. The lowest BCUT2D eigenvalue weighted by Gasteiger charge is -2.34. The highest BCUT2D eigenvalue weighted by Crippen LogP contribution is 2.30. The quantitative estimate of drug-likeness (QED) is 0.326. The zero-order valence-electron chi connectivity index (χ0n) is 19.8. The highest BCUT2D eigenvalue weighted by atomic mass is 32.1. The first-order valence-electron chi connectivity index (χ1n) is 12.2. The number of thiocarbonyl (C=S) groups is 1. The fraction of sp³-hybridized carbons (Fsp3) is 0.481. The molecule has 34 heavy (non-hydrogen) atoms. The molecule has 7 heteroatoms. The Morgan fingerprint density at radius 3 is 2.24 bits per heavy atom. The summed E-state index contributed by atoms with van der Waals surface area (Å²) in [5, 5.41) is 11.4. The van der Waals surface area contributed by atoms with Crippen molar-refractivity contribution in [2.24, 2.45) is 0 Å². The topological polar surface area (TPSA) is 71.0 Å². The number of rotatable bonds is 13. The van der Waals surface area contributed by atoms with Crippen molar-refractivity contribution in [2.45, 2.75) is 63.4 Å². The summed E-state index contributed by atoms with van der Waals surface area (Å²) in [4.78, 5) is 19.5. The number of hydroxylamine groups is 1. The van der Waals surface area contributed by atoms with Crippen molar-refractivity contribution in [2.75, 3.05) is 19.6 Å². The van der Waals surface area contributed by atoms with Crippen LogP contribution in [0.3, 0.4) is 0 Å². The van der Waals surface area contributed by atoms with Crippen LogP contribution >= 0.6 is 12.2 Å². The van der Waals surface area contributed by atoms with Gasteiger partial charge in [0.1, 0.15) is 6.10 Å². The zero-order valence-corrected chi connectivity index (χ0v) is 20.7. The molecule has 1 aliphatic rings. The molecule has 1 unspecified atom stereocenters. The van der Waals surface area contributed by atoms with Crippen LogP contribution in [0.1, 0.15) is 56.3 Å². The SMILES string of the molecule is CCCC(O)[C@H](C=S)NOC(=O)CCN1CCC(OC(c2ccccc2)c2ccccc2)CC1. The first-order valence-corrected chi connectivity index (χ1v) is 12.6. The maximum Gasteiger partial charge on any atom is 0.326 e. The summed E-state index contributed by atoms with van der Waals surface area (Å²) in [6.07, 6.45) is 2.95. The average Bonchev–Trinajstić information content (AvgIpc) is 2.88. The van der Waals surface area contributed by atoms with Crippen molar-refractivity contribution in [3.05, 3.63) is 71.8 Å². The van der Waals surface area contributed by atoms with E-state index < -0.39 is 12.1 Å². The number of likely N-dealkylation sites (tertiary alicyclic amines) is 1. The summed E-state index contributed by atoms with van der Waals surface area (Å²) >= 11 is 4.93. The number of aliphatic hydroxyl groups is 1. The summed E-state index contributed by atoms with van der Waals surface area (Å²) in [5.74, 6) is -0.350. The van der Waals surface area contributed by atoms with Crippen LogP contribution in [0, 0.1) is 0 Å². The van der Waals surface area contributed by atoms with E-state index in [0.29, 0.717) is 13.0 Å². The number of ether oxygens (including phenoxy) is 1. The van der Waals surface area contributed by atoms with Gasteiger partial charge in [0, 0.05) is 25.0 Å². The molecule has 2 aromatic rings. The molecule has 1 fully saturated rings. The number of hydrogen-bond donors (Lipinski definition) is 2. The van der Waals surface area contributed by atoms with E-state index >= 15 is 0 Å². The third kappa shape index (κ3) is 8.25. The monoisotopic (exact) mass is 484 g/mol. The van der Waals surface area contributed by atoms with E-state index in [1.54, 1.807) is 0 Å². The molecule has 1 heterocycles. The molecule has 2 N–H and O–H groups in total. The molecular formula is C27H36N2O4S. The molecule has 2 aromatic carbocycles. The Bertz CT molecular complexity index is 820. The highest BCUT2D eigenvalue weighted by molar-refractivity contribution is 7.79. The van der Waals surface area contributed by atoms with Crippen LogP contribution in [0.4, 0.5) is 0 Å². The third-order valence-corrected chi connectivity index (χ3v) is 6.45. The largest absolute Gasteiger partial charge is 0.391 e. The minimum absolute atomic E-state index is 0.0859. The predicted octanol–water partition coefficient (Wildman–Crippen LogP) is 4.22. The number of nitrogens with zero attached hydrogens (tertiary/aromatic N) is 1. The summed E-state index contributed by atoms with van der Waals surface area (Å²) < 4.78 is 6.59. The van der Waals surface area contributed by atoms with E-state index in [1.807, 2.05) is 43.3 Å². The smallest absolute Gasteiger partial charge is 0.326 e. The first-order chi connectivity index (χ1) is 16.6. The van der Waals surface area contributed by atoms with Gasteiger partial charge >= 0.3 is 5.97 Å². The minimum atomic E-state index is -0.662. The van der Waals surface area contributed by atoms with Gasteiger partial charge in [-0.25, -0.2) is 0 Å². The molecule has 1 aliphatic heterocycles. The van der Waals surface area contributed by atoms with Gasteiger partial charge in [-0.1, -0.05) is 86.2 Å². The number of nitrogens with one attached hydrogen (secondary N) is 1. The first kappa shape index (κ1) is 26.4. The molecule has 2 atom stereocenters. The Kier molecular flexibility index (Phi) is 11.1. The summed E-state index contributed by atoms with van der Waals surface area (Å²) in [7, 11) is 0. The van der Waals surface area contributed by atoms with Crippen molar-refractivity contribution < 1.29 is 19.5 Å². The van der Waals surface area contributed by atoms with E-state index in [-0.39, 0.29) is 24.6 Å². The number of aliphatic hydroxyl groups excluding tert-OH is 1. The molecule has 6 nitrogen and oxygen atoms in total. The van der Waals surface area contributed by atoms with Gasteiger partial charge in [0.15, 0.2) is 0 Å². The molecule has 0 saturated carbocycles. The molecule has 184 valence electrons. The summed E-state index contributed by atoms with van der Waals surface area (Å²) in [5.41, 5.74) is 4.92. The van der Waals surface area contributed by atoms with Crippen LogP contribution in [0.15, 0.2) is 60.7 Å². The molecule has 0 aliphatic carbocycles. The molecule has 0 radical (unpaired) electrons. The second kappa shape index (κ2) is 14.3. The number of benzene rings is 2. The second-order valence-electron chi connectivity index (χ2n) is 8.74. The third-order valence-electron chi connectivity index (χ3n) is 6.15. The van der Waals surface area contributed by atoms with E-state index in [1.165, 1.54) is 5.37 Å². The van der Waals surface area contributed by atoms with Crippen molar-refractivity contribution in [1.29, 1.82) is 0 Å². The fourth-order valence-electron chi connectivity index (χ4n) is 4.17. The van der Waals surface area contributed by atoms with E-state index in [9.17, 15) is 9.90 Å². The summed E-state index contributed by atoms with van der Waals surface area (Å²) in [6, 6.07) is 20.1. The summed E-state index contributed by atoms with van der Waals surface area (Å²) in [6.45, 7) is 4.36. The zero-order chi connectivity index (χ0) is 24.2. The normalized spacial score (nSPS) is 16.8. The highest BCUT2D eigenvalue weighted by Gasteiger charge is 2.25. The maximum absolute atomic E-state index is 12.1. The second-order valence-corrected chi connectivity index (χ2v) is 9.01. The van der Waals surface area contributed by atoms with Crippen molar-refractivity contribution >= 4 is 23.6 Å². The number of piperidine rings is 1. The number of hydrogen-bond acceptors (Lipinski definition) is 7.